The SMILES string of the molecule is CNc1cc(F)cc2c1Cc1nc(Sc3cnc4cccnc4c3)nc(N3CC4CNCC4C3)c1-2. The van der Waals surface area contributed by atoms with Gasteiger partial charge in [-0.05, 0) is 65.1 Å². The van der Waals surface area contributed by atoms with Crippen molar-refractivity contribution in [3.05, 3.63) is 59.8 Å². The molecule has 9 heteroatoms. The molecule has 7 rings (SSSR count). The van der Waals surface area contributed by atoms with Gasteiger partial charge in [0, 0.05) is 68.2 Å². The molecule has 2 N–H and O–H groups in total. The Morgan fingerprint density at radius 2 is 1.94 bits per heavy atom. The number of nitrogens with one attached hydrogen (secondary N) is 2. The highest BCUT2D eigenvalue weighted by Crippen LogP contribution is 2.47. The first-order valence-electron chi connectivity index (χ1n) is 11.9. The van der Waals surface area contributed by atoms with Crippen molar-refractivity contribution < 1.29 is 4.39 Å². The maximum atomic E-state index is 14.6. The van der Waals surface area contributed by atoms with Gasteiger partial charge in [-0.1, -0.05) is 0 Å². The molecule has 7 nitrogen and oxygen atoms in total. The summed E-state index contributed by atoms with van der Waals surface area (Å²) < 4.78 is 14.6. The smallest absolute Gasteiger partial charge is 0.194 e. The van der Waals surface area contributed by atoms with Crippen LogP contribution in [0.15, 0.2) is 52.8 Å². The third-order valence-corrected chi connectivity index (χ3v) is 8.19. The van der Waals surface area contributed by atoms with Gasteiger partial charge in [0.2, 0.25) is 0 Å². The Labute approximate surface area is 206 Å². The van der Waals surface area contributed by atoms with E-state index in [1.807, 2.05) is 31.4 Å². The van der Waals surface area contributed by atoms with Gasteiger partial charge in [0.25, 0.3) is 0 Å². The Balaban J connectivity index is 1.33. The number of rotatable bonds is 4. The topological polar surface area (TPSA) is 78.9 Å². The molecule has 0 radical (unpaired) electrons. The summed E-state index contributed by atoms with van der Waals surface area (Å²) in [4.78, 5) is 22.4. The number of hydrogen-bond acceptors (Lipinski definition) is 8. The summed E-state index contributed by atoms with van der Waals surface area (Å²) in [6.07, 6.45) is 4.28. The summed E-state index contributed by atoms with van der Waals surface area (Å²) in [5.74, 6) is 1.91. The zero-order valence-corrected chi connectivity index (χ0v) is 20.1. The number of anilines is 2. The van der Waals surface area contributed by atoms with Gasteiger partial charge in [0.15, 0.2) is 5.16 Å². The minimum atomic E-state index is -0.248. The lowest BCUT2D eigenvalue weighted by Crippen LogP contribution is -2.27. The molecule has 5 heterocycles. The third kappa shape index (κ3) is 3.52. The molecule has 35 heavy (non-hydrogen) atoms. The van der Waals surface area contributed by atoms with Gasteiger partial charge in [-0.15, -0.1) is 0 Å². The van der Waals surface area contributed by atoms with E-state index in [-0.39, 0.29) is 5.82 Å². The summed E-state index contributed by atoms with van der Waals surface area (Å²) in [6.45, 7) is 3.99. The largest absolute Gasteiger partial charge is 0.388 e. The van der Waals surface area contributed by atoms with Crippen molar-refractivity contribution >= 4 is 34.3 Å². The van der Waals surface area contributed by atoms with Gasteiger partial charge < -0.3 is 15.5 Å². The minimum absolute atomic E-state index is 0.248. The van der Waals surface area contributed by atoms with Crippen LogP contribution in [0.3, 0.4) is 0 Å². The van der Waals surface area contributed by atoms with E-state index < -0.39 is 0 Å². The molecule has 3 aromatic heterocycles. The van der Waals surface area contributed by atoms with Gasteiger partial charge in [0.1, 0.15) is 11.6 Å². The Kier molecular flexibility index (Phi) is 4.89. The highest BCUT2D eigenvalue weighted by molar-refractivity contribution is 7.99. The lowest BCUT2D eigenvalue weighted by Gasteiger charge is -2.22. The van der Waals surface area contributed by atoms with Crippen LogP contribution in [-0.2, 0) is 6.42 Å². The number of halogens is 1. The highest BCUT2D eigenvalue weighted by atomic mass is 32.2. The molecule has 2 aliphatic heterocycles. The van der Waals surface area contributed by atoms with Gasteiger partial charge in [-0.25, -0.2) is 14.4 Å². The first-order chi connectivity index (χ1) is 17.2. The predicted molar refractivity (Wildman–Crippen MR) is 136 cm³/mol. The van der Waals surface area contributed by atoms with Crippen LogP contribution in [0.5, 0.6) is 0 Å². The first kappa shape index (κ1) is 21.0. The molecule has 176 valence electrons. The number of pyridine rings is 2. The molecular weight excluding hydrogens is 461 g/mol. The fourth-order valence-electron chi connectivity index (χ4n) is 5.72. The Morgan fingerprint density at radius 1 is 1.09 bits per heavy atom. The second kappa shape index (κ2) is 8.13. The van der Waals surface area contributed by atoms with Crippen molar-refractivity contribution in [3.63, 3.8) is 0 Å². The Hall–Kier alpha value is -3.30. The fourth-order valence-corrected chi connectivity index (χ4v) is 6.49. The zero-order chi connectivity index (χ0) is 23.5. The van der Waals surface area contributed by atoms with Gasteiger partial charge in [0.05, 0.1) is 16.7 Å². The molecule has 4 aromatic rings. The van der Waals surface area contributed by atoms with Crippen LogP contribution >= 0.6 is 11.8 Å². The second-order valence-corrected chi connectivity index (χ2v) is 10.5. The molecule has 2 unspecified atom stereocenters. The monoisotopic (exact) mass is 485 g/mol. The molecule has 3 aliphatic rings. The van der Waals surface area contributed by atoms with Gasteiger partial charge in [-0.2, -0.15) is 0 Å². The summed E-state index contributed by atoms with van der Waals surface area (Å²) in [6, 6.07) is 9.07. The lowest BCUT2D eigenvalue weighted by molar-refractivity contribution is 0.533. The van der Waals surface area contributed by atoms with Gasteiger partial charge in [-0.3, -0.25) is 9.97 Å². The van der Waals surface area contributed by atoms with Crippen LogP contribution < -0.4 is 15.5 Å². The molecule has 0 bridgehead atoms. The van der Waals surface area contributed by atoms with Crippen molar-refractivity contribution in [2.75, 3.05) is 43.4 Å². The van der Waals surface area contributed by atoms with Crippen molar-refractivity contribution in [2.24, 2.45) is 11.8 Å². The molecule has 0 spiro atoms. The van der Waals surface area contributed by atoms with Crippen molar-refractivity contribution in [2.45, 2.75) is 16.5 Å². The molecule has 2 fully saturated rings. The maximum Gasteiger partial charge on any atom is 0.194 e. The van der Waals surface area contributed by atoms with E-state index >= 15 is 0 Å². The molecular formula is C26H24FN7S. The molecule has 2 atom stereocenters. The van der Waals surface area contributed by atoms with Crippen LogP contribution in [0.2, 0.25) is 0 Å². The third-order valence-electron chi connectivity index (χ3n) is 7.37. The van der Waals surface area contributed by atoms with Crippen molar-refractivity contribution in [1.29, 1.82) is 0 Å². The molecule has 2 saturated heterocycles. The molecule has 1 aromatic carbocycles. The van der Waals surface area contributed by atoms with E-state index in [2.05, 4.69) is 25.5 Å². The zero-order valence-electron chi connectivity index (χ0n) is 19.3. The van der Waals surface area contributed by atoms with E-state index in [9.17, 15) is 4.39 Å². The van der Waals surface area contributed by atoms with E-state index in [1.165, 1.54) is 11.8 Å². The number of nitrogens with zero attached hydrogens (tertiary/aromatic N) is 5. The van der Waals surface area contributed by atoms with Crippen molar-refractivity contribution in [1.82, 2.24) is 25.3 Å². The van der Waals surface area contributed by atoms with Crippen LogP contribution in [0, 0.1) is 17.7 Å². The summed E-state index contributed by atoms with van der Waals surface area (Å²) >= 11 is 1.50. The number of hydrogen-bond donors (Lipinski definition) is 2. The van der Waals surface area contributed by atoms with Gasteiger partial charge >= 0.3 is 0 Å². The Morgan fingerprint density at radius 3 is 2.77 bits per heavy atom. The number of fused-ring (bicyclic) bond motifs is 5. The minimum Gasteiger partial charge on any atom is -0.388 e. The average Bonchev–Trinajstić information content (AvgIpc) is 3.56. The predicted octanol–water partition coefficient (Wildman–Crippen LogP) is 3.98. The van der Waals surface area contributed by atoms with Crippen molar-refractivity contribution in [3.8, 4) is 11.1 Å². The molecule has 0 amide bonds. The number of aromatic nitrogens is 4. The Bertz CT molecular complexity index is 1460. The molecule has 0 saturated carbocycles. The van der Waals surface area contributed by atoms with E-state index in [1.54, 1.807) is 18.3 Å². The summed E-state index contributed by atoms with van der Waals surface area (Å²) in [5.41, 5.74) is 6.44. The standard InChI is InChI=1S/C26H24FN7S/c1-28-21-6-16(27)5-19-18(21)8-23-24(19)25(34-12-14-9-29-10-15(14)13-34)33-26(32-23)35-17-7-22-20(31-11-17)3-2-4-30-22/h2-7,11,14-15,28-29H,8-10,12-13H2,1H3. The van der Waals surface area contributed by atoms with Crippen LogP contribution in [-0.4, -0.2) is 53.2 Å². The van der Waals surface area contributed by atoms with E-state index in [4.69, 9.17) is 9.97 Å². The van der Waals surface area contributed by atoms with Crippen LogP contribution in [0.25, 0.3) is 22.2 Å². The average molecular weight is 486 g/mol. The van der Waals surface area contributed by atoms with E-state index in [0.717, 1.165) is 76.0 Å². The molecule has 1 aliphatic carbocycles. The first-order valence-corrected chi connectivity index (χ1v) is 12.7. The van der Waals surface area contributed by atoms with Crippen LogP contribution in [0.4, 0.5) is 15.9 Å². The number of benzene rings is 1. The summed E-state index contributed by atoms with van der Waals surface area (Å²) in [7, 11) is 1.83. The van der Waals surface area contributed by atoms with Crippen LogP contribution in [0.1, 0.15) is 11.3 Å². The maximum absolute atomic E-state index is 14.6. The van der Waals surface area contributed by atoms with E-state index in [0.29, 0.717) is 23.4 Å². The highest BCUT2D eigenvalue weighted by Gasteiger charge is 2.39. The fraction of sp³-hybridized carbons (Fsp3) is 0.308. The second-order valence-electron chi connectivity index (χ2n) is 9.46. The normalized spacial score (nSPS) is 20.2. The summed E-state index contributed by atoms with van der Waals surface area (Å²) in [5, 5.41) is 7.36. The lowest BCUT2D eigenvalue weighted by atomic mass is 10.0. The quantitative estimate of drug-likeness (QED) is 0.370.